The smallest absolute Gasteiger partial charge is 0.249 e. The lowest BCUT2D eigenvalue weighted by molar-refractivity contribution is -0.128. The summed E-state index contributed by atoms with van der Waals surface area (Å²) in [6, 6.07) is 17.3. The molecule has 5 nitrogen and oxygen atoms in total. The zero-order valence-corrected chi connectivity index (χ0v) is 22.5. The molecule has 0 spiro atoms. The van der Waals surface area contributed by atoms with E-state index in [0.29, 0.717) is 6.42 Å². The number of aldehydes is 1. The van der Waals surface area contributed by atoms with Crippen molar-refractivity contribution >= 4 is 24.0 Å². The molecule has 1 saturated carbocycles. The highest BCUT2D eigenvalue weighted by Gasteiger charge is 2.31. The molecule has 0 N–H and O–H groups in total. The summed E-state index contributed by atoms with van der Waals surface area (Å²) in [6.45, 7) is 5.08. The Kier molecular flexibility index (Phi) is 8.11. The number of aromatic nitrogens is 2. The number of rotatable bonds is 8. The molecule has 2 aliphatic carbocycles. The second-order valence-electron chi connectivity index (χ2n) is 10.7. The molecule has 1 amide bonds. The van der Waals surface area contributed by atoms with Crippen molar-refractivity contribution in [3.8, 4) is 11.1 Å². The van der Waals surface area contributed by atoms with E-state index in [1.165, 1.54) is 22.3 Å². The number of nitrogens with zero attached hydrogens (tertiary/aromatic N) is 3. The van der Waals surface area contributed by atoms with Crippen molar-refractivity contribution < 1.29 is 9.59 Å². The molecule has 5 heteroatoms. The largest absolute Gasteiger partial charge is 0.327 e. The maximum atomic E-state index is 13.0. The Morgan fingerprint density at radius 1 is 1.08 bits per heavy atom. The Balaban J connectivity index is 1.40. The van der Waals surface area contributed by atoms with Crippen LogP contribution < -0.4 is 0 Å². The minimum atomic E-state index is -0.277. The standard InChI is InChI=1S/C33H37N3O2/c1-3-4-13-32-35-30-19-18-27(34-33(38)29-12-8-6-10-26(29)22-37)20-31(30)36(32)21-24-14-16-25(17-15-24)28-11-7-5-9-23(28)2/h5,7,9,11,14-19,22,26,29H,3-4,6,8,10,12-13,20-21H2,1-2H3/t26-,29-/m1/s1. The van der Waals surface area contributed by atoms with E-state index in [-0.39, 0.29) is 17.7 Å². The van der Waals surface area contributed by atoms with E-state index in [1.807, 2.05) is 12.2 Å². The van der Waals surface area contributed by atoms with Gasteiger partial charge >= 0.3 is 0 Å². The van der Waals surface area contributed by atoms with Crippen molar-refractivity contribution in [3.63, 3.8) is 0 Å². The number of aryl methyl sites for hydroxylation is 2. The Labute approximate surface area is 225 Å². The quantitative estimate of drug-likeness (QED) is 0.315. The van der Waals surface area contributed by atoms with Crippen LogP contribution in [-0.2, 0) is 29.0 Å². The summed E-state index contributed by atoms with van der Waals surface area (Å²) in [5.74, 6) is 0.470. The number of benzene rings is 2. The summed E-state index contributed by atoms with van der Waals surface area (Å²) in [4.78, 5) is 34.1. The summed E-state index contributed by atoms with van der Waals surface area (Å²) in [5.41, 5.74) is 7.82. The van der Waals surface area contributed by atoms with Gasteiger partial charge in [-0.05, 0) is 60.6 Å². The molecule has 0 unspecified atom stereocenters. The minimum absolute atomic E-state index is 0.144. The Morgan fingerprint density at radius 2 is 1.87 bits per heavy atom. The molecule has 1 heterocycles. The first-order valence-electron chi connectivity index (χ1n) is 14.1. The van der Waals surface area contributed by atoms with Gasteiger partial charge in [-0.3, -0.25) is 4.79 Å². The van der Waals surface area contributed by atoms with E-state index in [4.69, 9.17) is 4.98 Å². The summed E-state index contributed by atoms with van der Waals surface area (Å²) in [6.07, 6.45) is 12.1. The summed E-state index contributed by atoms with van der Waals surface area (Å²) >= 11 is 0. The second kappa shape index (κ2) is 11.8. The summed E-state index contributed by atoms with van der Waals surface area (Å²) in [7, 11) is 0. The number of imidazole rings is 1. The van der Waals surface area contributed by atoms with Crippen LogP contribution in [0, 0.1) is 18.8 Å². The zero-order valence-electron chi connectivity index (χ0n) is 22.5. The van der Waals surface area contributed by atoms with Crippen molar-refractivity contribution in [1.82, 2.24) is 9.55 Å². The van der Waals surface area contributed by atoms with Gasteiger partial charge in [0.15, 0.2) is 0 Å². The molecule has 5 rings (SSSR count). The van der Waals surface area contributed by atoms with E-state index in [2.05, 4.69) is 71.9 Å². The third-order valence-corrected chi connectivity index (χ3v) is 8.03. The summed E-state index contributed by atoms with van der Waals surface area (Å²) < 4.78 is 2.33. The van der Waals surface area contributed by atoms with Crippen LogP contribution in [0.15, 0.2) is 59.6 Å². The lowest BCUT2D eigenvalue weighted by Gasteiger charge is -2.25. The van der Waals surface area contributed by atoms with Gasteiger partial charge in [0, 0.05) is 31.2 Å². The number of carbonyl (C=O) groups excluding carboxylic acids is 2. The van der Waals surface area contributed by atoms with Gasteiger partial charge in [-0.15, -0.1) is 0 Å². The molecule has 2 aliphatic rings. The zero-order chi connectivity index (χ0) is 26.5. The molecule has 0 saturated heterocycles. The van der Waals surface area contributed by atoms with E-state index in [0.717, 1.165) is 80.7 Å². The highest BCUT2D eigenvalue weighted by Crippen LogP contribution is 2.30. The van der Waals surface area contributed by atoms with Gasteiger partial charge in [0.1, 0.15) is 12.1 Å². The average Bonchev–Trinajstić information content (AvgIpc) is 3.28. The fraction of sp³-hybridized carbons (Fsp3) is 0.394. The molecular weight excluding hydrogens is 470 g/mol. The lowest BCUT2D eigenvalue weighted by Crippen LogP contribution is -2.28. The first-order chi connectivity index (χ1) is 18.6. The van der Waals surface area contributed by atoms with Crippen molar-refractivity contribution in [3.05, 3.63) is 82.9 Å². The van der Waals surface area contributed by atoms with E-state index in [9.17, 15) is 9.59 Å². The third kappa shape index (κ3) is 5.62. The van der Waals surface area contributed by atoms with Gasteiger partial charge in [0.05, 0.1) is 17.1 Å². The van der Waals surface area contributed by atoms with Crippen molar-refractivity contribution in [1.29, 1.82) is 0 Å². The molecule has 0 bridgehead atoms. The van der Waals surface area contributed by atoms with Gasteiger partial charge in [0.25, 0.3) is 0 Å². The number of fused-ring (bicyclic) bond motifs is 1. The number of hydrogen-bond acceptors (Lipinski definition) is 3. The monoisotopic (exact) mass is 507 g/mol. The Bertz CT molecular complexity index is 1360. The van der Waals surface area contributed by atoms with Gasteiger partial charge in [-0.25, -0.2) is 9.98 Å². The van der Waals surface area contributed by atoms with Crippen LogP contribution in [0.1, 0.15) is 73.8 Å². The molecule has 1 aromatic heterocycles. The number of unbranched alkanes of at least 4 members (excludes halogenated alkanes) is 1. The fourth-order valence-corrected chi connectivity index (χ4v) is 5.79. The number of allylic oxidation sites excluding steroid dienone is 1. The number of hydrogen-bond donors (Lipinski definition) is 0. The maximum absolute atomic E-state index is 13.0. The fourth-order valence-electron chi connectivity index (χ4n) is 5.79. The predicted octanol–water partition coefficient (Wildman–Crippen LogP) is 6.79. The normalized spacial score (nSPS) is 19.9. The van der Waals surface area contributed by atoms with Gasteiger partial charge < -0.3 is 9.36 Å². The van der Waals surface area contributed by atoms with Crippen molar-refractivity contribution in [2.45, 2.75) is 71.8 Å². The number of carbonyl (C=O) groups is 2. The van der Waals surface area contributed by atoms with E-state index < -0.39 is 0 Å². The van der Waals surface area contributed by atoms with Gasteiger partial charge in [-0.2, -0.15) is 0 Å². The second-order valence-corrected chi connectivity index (χ2v) is 10.7. The van der Waals surface area contributed by atoms with Crippen molar-refractivity contribution in [2.75, 3.05) is 0 Å². The number of amides is 1. The van der Waals surface area contributed by atoms with Crippen LogP contribution in [0.3, 0.4) is 0 Å². The van der Waals surface area contributed by atoms with Crippen LogP contribution in [0.25, 0.3) is 17.2 Å². The molecular formula is C33H37N3O2. The first kappa shape index (κ1) is 26.0. The minimum Gasteiger partial charge on any atom is -0.327 e. The Hall–Kier alpha value is -3.60. The topological polar surface area (TPSA) is 64.3 Å². The lowest BCUT2D eigenvalue weighted by atomic mass is 9.79. The maximum Gasteiger partial charge on any atom is 0.249 e. The van der Waals surface area contributed by atoms with Gasteiger partial charge in [-0.1, -0.05) is 74.7 Å². The molecule has 3 aromatic rings. The molecule has 0 radical (unpaired) electrons. The molecule has 196 valence electrons. The highest BCUT2D eigenvalue weighted by atomic mass is 16.1. The molecule has 38 heavy (non-hydrogen) atoms. The van der Waals surface area contributed by atoms with E-state index in [1.54, 1.807) is 0 Å². The summed E-state index contributed by atoms with van der Waals surface area (Å²) in [5, 5.41) is 0. The predicted molar refractivity (Wildman–Crippen MR) is 153 cm³/mol. The SMILES string of the molecule is CCCCc1nc2c(n1Cc1ccc(-c3ccccc3C)cc1)CC(=NC(=O)[C@@H]1CCCC[C@@H]1C=O)C=C2. The highest BCUT2D eigenvalue weighted by molar-refractivity contribution is 6.07. The third-order valence-electron chi connectivity index (χ3n) is 8.03. The Morgan fingerprint density at radius 3 is 2.63 bits per heavy atom. The molecule has 1 fully saturated rings. The van der Waals surface area contributed by atoms with Crippen LogP contribution >= 0.6 is 0 Å². The average molecular weight is 508 g/mol. The first-order valence-corrected chi connectivity index (χ1v) is 14.1. The van der Waals surface area contributed by atoms with Crippen molar-refractivity contribution in [2.24, 2.45) is 16.8 Å². The molecule has 2 atom stereocenters. The van der Waals surface area contributed by atoms with Crippen LogP contribution in [0.5, 0.6) is 0 Å². The molecule has 0 aliphatic heterocycles. The molecule has 2 aromatic carbocycles. The van der Waals surface area contributed by atoms with E-state index >= 15 is 0 Å². The van der Waals surface area contributed by atoms with Crippen LogP contribution in [0.2, 0.25) is 0 Å². The van der Waals surface area contributed by atoms with Crippen LogP contribution in [-0.4, -0.2) is 27.5 Å². The number of aliphatic imine (C=N–C) groups is 1. The van der Waals surface area contributed by atoms with Crippen LogP contribution in [0.4, 0.5) is 0 Å². The van der Waals surface area contributed by atoms with Gasteiger partial charge in [0.2, 0.25) is 5.91 Å².